The zero-order chi connectivity index (χ0) is 9.90. The van der Waals surface area contributed by atoms with Crippen LogP contribution in [0.3, 0.4) is 0 Å². The first-order valence-electron chi connectivity index (χ1n) is 4.30. The van der Waals surface area contributed by atoms with Gasteiger partial charge in [0.25, 0.3) is 0 Å². The Balaban J connectivity index is 3.05. The second-order valence-corrected chi connectivity index (χ2v) is 4.20. The topological polar surface area (TPSA) is 9.23 Å². The molecule has 1 rings (SSSR count). The molecule has 0 amide bonds. The number of hydrogen-bond donors (Lipinski definition) is 0. The fourth-order valence-electron chi connectivity index (χ4n) is 1.22. The Morgan fingerprint density at radius 3 is 2.62 bits per heavy atom. The van der Waals surface area contributed by atoms with Gasteiger partial charge in [0.15, 0.2) is 0 Å². The summed E-state index contributed by atoms with van der Waals surface area (Å²) < 4.78 is 6.48. The second-order valence-electron chi connectivity index (χ2n) is 3.44. The van der Waals surface area contributed by atoms with Crippen molar-refractivity contribution < 1.29 is 4.74 Å². The third-order valence-corrected chi connectivity index (χ3v) is 3.79. The van der Waals surface area contributed by atoms with Crippen LogP contribution in [0.1, 0.15) is 18.1 Å². The Bertz CT molecular complexity index is 279. The van der Waals surface area contributed by atoms with E-state index in [0.717, 1.165) is 4.43 Å². The van der Waals surface area contributed by atoms with Gasteiger partial charge in [-0.15, -0.1) is 0 Å². The van der Waals surface area contributed by atoms with Crippen LogP contribution in [0, 0.1) is 6.92 Å². The van der Waals surface area contributed by atoms with Crippen LogP contribution in [0.15, 0.2) is 24.3 Å². The molecule has 0 aliphatic rings. The van der Waals surface area contributed by atoms with Gasteiger partial charge in [-0.25, -0.2) is 0 Å². The molecule has 0 aromatic heterocycles. The van der Waals surface area contributed by atoms with Crippen LogP contribution in [0.4, 0.5) is 0 Å². The summed E-state index contributed by atoms with van der Waals surface area (Å²) in [7, 11) is 1.76. The molecular formula is C11H15IO. The minimum atomic E-state index is -0.146. The highest BCUT2D eigenvalue weighted by Crippen LogP contribution is 2.27. The van der Waals surface area contributed by atoms with Gasteiger partial charge in [-0.1, -0.05) is 52.4 Å². The van der Waals surface area contributed by atoms with Gasteiger partial charge in [0, 0.05) is 11.5 Å². The Morgan fingerprint density at radius 1 is 1.46 bits per heavy atom. The SMILES string of the molecule is COC(C)(CI)c1cccc(C)c1. The summed E-state index contributed by atoms with van der Waals surface area (Å²) in [6, 6.07) is 8.48. The average molecular weight is 290 g/mol. The molecule has 0 N–H and O–H groups in total. The van der Waals surface area contributed by atoms with Crippen molar-refractivity contribution in [2.24, 2.45) is 0 Å². The van der Waals surface area contributed by atoms with Crippen LogP contribution in [-0.2, 0) is 10.3 Å². The molecule has 2 heteroatoms. The average Bonchev–Trinajstić information content (AvgIpc) is 2.17. The van der Waals surface area contributed by atoms with Gasteiger partial charge < -0.3 is 4.74 Å². The van der Waals surface area contributed by atoms with E-state index < -0.39 is 0 Å². The van der Waals surface area contributed by atoms with Crippen molar-refractivity contribution >= 4 is 22.6 Å². The summed E-state index contributed by atoms with van der Waals surface area (Å²) >= 11 is 2.36. The molecule has 0 spiro atoms. The van der Waals surface area contributed by atoms with Gasteiger partial charge in [-0.3, -0.25) is 0 Å². The Labute approximate surface area is 93.6 Å². The number of rotatable bonds is 3. The zero-order valence-electron chi connectivity index (χ0n) is 8.30. The highest BCUT2D eigenvalue weighted by molar-refractivity contribution is 14.1. The monoisotopic (exact) mass is 290 g/mol. The van der Waals surface area contributed by atoms with Gasteiger partial charge in [0.05, 0.1) is 5.60 Å². The molecule has 1 aromatic carbocycles. The molecular weight excluding hydrogens is 275 g/mol. The predicted molar refractivity (Wildman–Crippen MR) is 64.4 cm³/mol. The second kappa shape index (κ2) is 4.42. The van der Waals surface area contributed by atoms with Crippen molar-refractivity contribution in [1.29, 1.82) is 0 Å². The highest BCUT2D eigenvalue weighted by atomic mass is 127. The van der Waals surface area contributed by atoms with Gasteiger partial charge in [-0.2, -0.15) is 0 Å². The van der Waals surface area contributed by atoms with E-state index in [9.17, 15) is 0 Å². The van der Waals surface area contributed by atoms with Crippen LogP contribution in [0.5, 0.6) is 0 Å². The van der Waals surface area contributed by atoms with Crippen molar-refractivity contribution in [2.75, 3.05) is 11.5 Å². The lowest BCUT2D eigenvalue weighted by Gasteiger charge is -2.26. The molecule has 0 aliphatic carbocycles. The molecule has 0 radical (unpaired) electrons. The van der Waals surface area contributed by atoms with Crippen LogP contribution in [0.25, 0.3) is 0 Å². The van der Waals surface area contributed by atoms with Crippen LogP contribution >= 0.6 is 22.6 Å². The summed E-state index contributed by atoms with van der Waals surface area (Å²) in [6.07, 6.45) is 0. The third kappa shape index (κ3) is 2.44. The minimum Gasteiger partial charge on any atom is -0.373 e. The lowest BCUT2D eigenvalue weighted by Crippen LogP contribution is -2.26. The first-order chi connectivity index (χ1) is 6.12. The summed E-state index contributed by atoms with van der Waals surface area (Å²) in [5.74, 6) is 0. The largest absolute Gasteiger partial charge is 0.373 e. The Hall–Kier alpha value is -0.0900. The Morgan fingerprint density at radius 2 is 2.15 bits per heavy atom. The molecule has 72 valence electrons. The number of aryl methyl sites for hydroxylation is 1. The van der Waals surface area contributed by atoms with E-state index in [1.165, 1.54) is 11.1 Å². The molecule has 0 saturated heterocycles. The normalized spacial score (nSPS) is 15.4. The van der Waals surface area contributed by atoms with E-state index in [1.54, 1.807) is 7.11 Å². The number of methoxy groups -OCH3 is 1. The van der Waals surface area contributed by atoms with E-state index in [4.69, 9.17) is 4.74 Å². The molecule has 1 nitrogen and oxygen atoms in total. The highest BCUT2D eigenvalue weighted by Gasteiger charge is 2.24. The number of alkyl halides is 1. The molecule has 0 bridgehead atoms. The smallest absolute Gasteiger partial charge is 0.0988 e. The van der Waals surface area contributed by atoms with Crippen molar-refractivity contribution in [3.63, 3.8) is 0 Å². The van der Waals surface area contributed by atoms with E-state index in [2.05, 4.69) is 60.7 Å². The molecule has 0 saturated carbocycles. The summed E-state index contributed by atoms with van der Waals surface area (Å²) in [5.41, 5.74) is 2.39. The van der Waals surface area contributed by atoms with E-state index in [0.29, 0.717) is 0 Å². The first kappa shape index (κ1) is 11.0. The summed E-state index contributed by atoms with van der Waals surface area (Å²) in [4.78, 5) is 0. The van der Waals surface area contributed by atoms with Gasteiger partial charge in [0.1, 0.15) is 0 Å². The molecule has 1 atom stereocenters. The van der Waals surface area contributed by atoms with Crippen molar-refractivity contribution in [3.05, 3.63) is 35.4 Å². The fraction of sp³-hybridized carbons (Fsp3) is 0.455. The van der Waals surface area contributed by atoms with Crippen molar-refractivity contribution in [3.8, 4) is 0 Å². The van der Waals surface area contributed by atoms with Crippen LogP contribution < -0.4 is 0 Å². The van der Waals surface area contributed by atoms with Gasteiger partial charge in [0.2, 0.25) is 0 Å². The van der Waals surface area contributed by atoms with E-state index in [-0.39, 0.29) is 5.60 Å². The number of ether oxygens (including phenoxy) is 1. The van der Waals surface area contributed by atoms with Crippen molar-refractivity contribution in [1.82, 2.24) is 0 Å². The standard InChI is InChI=1S/C11H15IO/c1-9-5-4-6-10(7-9)11(2,8-12)13-3/h4-7H,8H2,1-3H3. The molecule has 0 fully saturated rings. The predicted octanol–water partition coefficient (Wildman–Crippen LogP) is 3.29. The van der Waals surface area contributed by atoms with Crippen molar-refractivity contribution in [2.45, 2.75) is 19.4 Å². The third-order valence-electron chi connectivity index (χ3n) is 2.33. The van der Waals surface area contributed by atoms with E-state index >= 15 is 0 Å². The molecule has 13 heavy (non-hydrogen) atoms. The number of hydrogen-bond acceptors (Lipinski definition) is 1. The Kier molecular flexibility index (Phi) is 3.74. The quantitative estimate of drug-likeness (QED) is 0.613. The maximum atomic E-state index is 5.52. The maximum absolute atomic E-state index is 5.52. The number of benzene rings is 1. The maximum Gasteiger partial charge on any atom is 0.0988 e. The van der Waals surface area contributed by atoms with Gasteiger partial charge in [-0.05, 0) is 19.4 Å². The molecule has 1 aromatic rings. The van der Waals surface area contributed by atoms with E-state index in [1.807, 2.05) is 0 Å². The molecule has 1 unspecified atom stereocenters. The first-order valence-corrected chi connectivity index (χ1v) is 5.83. The number of halogens is 1. The lowest BCUT2D eigenvalue weighted by molar-refractivity contribution is 0.0263. The summed E-state index contributed by atoms with van der Waals surface area (Å²) in [6.45, 7) is 4.22. The van der Waals surface area contributed by atoms with Gasteiger partial charge >= 0.3 is 0 Å². The van der Waals surface area contributed by atoms with Crippen LogP contribution in [-0.4, -0.2) is 11.5 Å². The summed E-state index contributed by atoms with van der Waals surface area (Å²) in [5, 5.41) is 0. The minimum absolute atomic E-state index is 0.146. The lowest BCUT2D eigenvalue weighted by atomic mass is 9.96. The molecule has 0 aliphatic heterocycles. The van der Waals surface area contributed by atoms with Crippen LogP contribution in [0.2, 0.25) is 0 Å². The zero-order valence-corrected chi connectivity index (χ0v) is 10.5. The fourth-order valence-corrected chi connectivity index (χ4v) is 1.98. The molecule has 0 heterocycles.